The number of hydrogen-bond acceptors (Lipinski definition) is 3. The van der Waals surface area contributed by atoms with Gasteiger partial charge in [-0.15, -0.1) is 0 Å². The predicted octanol–water partition coefficient (Wildman–Crippen LogP) is 0.112. The number of carbonyl (C=O) groups is 3. The number of urea groups is 1. The van der Waals surface area contributed by atoms with Crippen molar-refractivity contribution in [1.29, 1.82) is 0 Å². The van der Waals surface area contributed by atoms with Crippen molar-refractivity contribution in [2.24, 2.45) is 5.92 Å². The van der Waals surface area contributed by atoms with Crippen LogP contribution in [0.3, 0.4) is 0 Å². The fourth-order valence-corrected chi connectivity index (χ4v) is 2.98. The summed E-state index contributed by atoms with van der Waals surface area (Å²) in [4.78, 5) is 38.3. The first kappa shape index (κ1) is 14.6. The first-order chi connectivity index (χ1) is 9.41. The Kier molecular flexibility index (Phi) is 4.15. The summed E-state index contributed by atoms with van der Waals surface area (Å²) in [5.74, 6) is -1.17. The first-order valence-electron chi connectivity index (χ1n) is 6.96. The van der Waals surface area contributed by atoms with Crippen LogP contribution in [0, 0.1) is 5.92 Å². The van der Waals surface area contributed by atoms with Crippen molar-refractivity contribution in [3.05, 3.63) is 0 Å². The van der Waals surface area contributed by atoms with Gasteiger partial charge >= 0.3 is 12.0 Å². The maximum absolute atomic E-state index is 12.2. The summed E-state index contributed by atoms with van der Waals surface area (Å²) < 4.78 is 0. The van der Waals surface area contributed by atoms with E-state index in [1.54, 1.807) is 11.9 Å². The molecular weight excluding hydrogens is 262 g/mol. The number of likely N-dealkylation sites (N-methyl/N-ethyl adjacent to an activating group) is 1. The van der Waals surface area contributed by atoms with Gasteiger partial charge in [0.05, 0.1) is 0 Å². The molecule has 20 heavy (non-hydrogen) atoms. The minimum atomic E-state index is -0.984. The van der Waals surface area contributed by atoms with Crippen molar-refractivity contribution in [1.82, 2.24) is 15.1 Å². The van der Waals surface area contributed by atoms with Crippen LogP contribution in [0.25, 0.3) is 0 Å². The summed E-state index contributed by atoms with van der Waals surface area (Å²) in [5.41, 5.74) is 0. The maximum Gasteiger partial charge on any atom is 0.326 e. The lowest BCUT2D eigenvalue weighted by Crippen LogP contribution is -2.57. The molecule has 0 spiro atoms. The van der Waals surface area contributed by atoms with Crippen LogP contribution in [0.5, 0.6) is 0 Å². The molecule has 0 bridgehead atoms. The zero-order valence-corrected chi connectivity index (χ0v) is 11.8. The largest absolute Gasteiger partial charge is 0.480 e. The van der Waals surface area contributed by atoms with E-state index in [1.165, 1.54) is 4.90 Å². The third kappa shape index (κ3) is 2.71. The van der Waals surface area contributed by atoms with Crippen molar-refractivity contribution >= 4 is 17.9 Å². The van der Waals surface area contributed by atoms with Gasteiger partial charge in [0.25, 0.3) is 0 Å². The number of amides is 3. The Hall–Kier alpha value is -1.79. The van der Waals surface area contributed by atoms with E-state index in [1.807, 2.05) is 6.92 Å². The summed E-state index contributed by atoms with van der Waals surface area (Å²) in [6, 6.07) is -1.78. The molecule has 2 N–H and O–H groups in total. The lowest BCUT2D eigenvalue weighted by molar-refractivity contribution is -0.145. The number of piperidine rings is 1. The third-order valence-electron chi connectivity index (χ3n) is 4.17. The number of nitrogens with zero attached hydrogens (tertiary/aromatic N) is 2. The van der Waals surface area contributed by atoms with Crippen LogP contribution in [0.4, 0.5) is 4.79 Å². The van der Waals surface area contributed by atoms with E-state index in [9.17, 15) is 19.5 Å². The fraction of sp³-hybridized carbons (Fsp3) is 0.769. The van der Waals surface area contributed by atoms with E-state index in [-0.39, 0.29) is 11.8 Å². The smallest absolute Gasteiger partial charge is 0.326 e. The van der Waals surface area contributed by atoms with Crippen LogP contribution < -0.4 is 5.32 Å². The SMILES string of the molecule is CC1CCCN(C(=O)NC2CCN(C)C2=O)C1C(=O)O. The maximum atomic E-state index is 12.2. The molecule has 3 unspecified atom stereocenters. The Morgan fingerprint density at radius 2 is 2.00 bits per heavy atom. The van der Waals surface area contributed by atoms with Crippen LogP contribution in [0.2, 0.25) is 0 Å². The van der Waals surface area contributed by atoms with Gasteiger partial charge in [-0.1, -0.05) is 6.92 Å². The molecule has 2 aliphatic rings. The third-order valence-corrected chi connectivity index (χ3v) is 4.17. The average molecular weight is 283 g/mol. The normalized spacial score (nSPS) is 30.5. The van der Waals surface area contributed by atoms with Crippen molar-refractivity contribution in [3.63, 3.8) is 0 Å². The highest BCUT2D eigenvalue weighted by molar-refractivity contribution is 5.90. The molecule has 0 aromatic carbocycles. The molecule has 112 valence electrons. The Morgan fingerprint density at radius 3 is 2.55 bits per heavy atom. The van der Waals surface area contributed by atoms with Gasteiger partial charge < -0.3 is 20.2 Å². The number of rotatable bonds is 2. The molecule has 0 saturated carbocycles. The summed E-state index contributed by atoms with van der Waals surface area (Å²) >= 11 is 0. The summed E-state index contributed by atoms with van der Waals surface area (Å²) in [6.45, 7) is 2.87. The molecule has 0 aromatic heterocycles. The second-order valence-corrected chi connectivity index (χ2v) is 5.65. The van der Waals surface area contributed by atoms with Gasteiger partial charge in [-0.25, -0.2) is 9.59 Å². The number of carboxylic acids is 1. The van der Waals surface area contributed by atoms with Crippen molar-refractivity contribution in [3.8, 4) is 0 Å². The number of carbonyl (C=O) groups excluding carboxylic acids is 2. The fourth-order valence-electron chi connectivity index (χ4n) is 2.98. The number of nitrogens with one attached hydrogen (secondary N) is 1. The average Bonchev–Trinajstić information content (AvgIpc) is 2.70. The predicted molar refractivity (Wildman–Crippen MR) is 71.1 cm³/mol. The van der Waals surface area contributed by atoms with E-state index < -0.39 is 24.1 Å². The summed E-state index contributed by atoms with van der Waals surface area (Å²) in [7, 11) is 1.69. The molecule has 0 aliphatic carbocycles. The molecular formula is C13H21N3O4. The van der Waals surface area contributed by atoms with Crippen molar-refractivity contribution in [2.75, 3.05) is 20.1 Å². The molecule has 0 aromatic rings. The highest BCUT2D eigenvalue weighted by Crippen LogP contribution is 2.24. The molecule has 0 radical (unpaired) electrons. The van der Waals surface area contributed by atoms with Gasteiger partial charge in [0, 0.05) is 20.1 Å². The van der Waals surface area contributed by atoms with Gasteiger partial charge in [0.1, 0.15) is 12.1 Å². The number of carboxylic acid groups (broad SMARTS) is 1. The van der Waals surface area contributed by atoms with Gasteiger partial charge in [-0.3, -0.25) is 4.79 Å². The summed E-state index contributed by atoms with van der Waals surface area (Å²) in [6.07, 6.45) is 2.16. The number of aliphatic carboxylic acids is 1. The van der Waals surface area contributed by atoms with Crippen LogP contribution >= 0.6 is 0 Å². The van der Waals surface area contributed by atoms with Gasteiger partial charge in [0.15, 0.2) is 0 Å². The first-order valence-corrected chi connectivity index (χ1v) is 6.96. The molecule has 2 saturated heterocycles. The molecule has 2 heterocycles. The van der Waals surface area contributed by atoms with Gasteiger partial charge in [-0.2, -0.15) is 0 Å². The molecule has 3 atom stereocenters. The van der Waals surface area contributed by atoms with Gasteiger partial charge in [-0.05, 0) is 25.2 Å². The van der Waals surface area contributed by atoms with E-state index in [0.29, 0.717) is 19.5 Å². The van der Waals surface area contributed by atoms with Crippen LogP contribution in [0.1, 0.15) is 26.2 Å². The molecule has 2 aliphatic heterocycles. The lowest BCUT2D eigenvalue weighted by atomic mass is 9.91. The quantitative estimate of drug-likeness (QED) is 0.752. The highest BCUT2D eigenvalue weighted by Gasteiger charge is 2.39. The van der Waals surface area contributed by atoms with Crippen LogP contribution in [0.15, 0.2) is 0 Å². The van der Waals surface area contributed by atoms with Crippen molar-refractivity contribution < 1.29 is 19.5 Å². The topological polar surface area (TPSA) is 90.0 Å². The second-order valence-electron chi connectivity index (χ2n) is 5.65. The highest BCUT2D eigenvalue weighted by atomic mass is 16.4. The standard InChI is InChI=1S/C13H21N3O4/c1-8-4-3-6-16(10(8)12(18)19)13(20)14-9-5-7-15(2)11(9)17/h8-10H,3-7H2,1-2H3,(H,14,20)(H,18,19). The van der Waals surface area contributed by atoms with Crippen LogP contribution in [-0.2, 0) is 9.59 Å². The number of hydrogen-bond donors (Lipinski definition) is 2. The Labute approximate surface area is 117 Å². The van der Waals surface area contributed by atoms with Gasteiger partial charge in [0.2, 0.25) is 5.91 Å². The zero-order chi connectivity index (χ0) is 14.9. The lowest BCUT2D eigenvalue weighted by Gasteiger charge is -2.37. The molecule has 7 nitrogen and oxygen atoms in total. The molecule has 2 fully saturated rings. The monoisotopic (exact) mass is 283 g/mol. The number of likely N-dealkylation sites (tertiary alicyclic amines) is 2. The molecule has 3 amide bonds. The minimum Gasteiger partial charge on any atom is -0.480 e. The van der Waals surface area contributed by atoms with E-state index in [2.05, 4.69) is 5.32 Å². The Morgan fingerprint density at radius 1 is 1.30 bits per heavy atom. The van der Waals surface area contributed by atoms with E-state index in [0.717, 1.165) is 12.8 Å². The Balaban J connectivity index is 2.03. The van der Waals surface area contributed by atoms with E-state index >= 15 is 0 Å². The Bertz CT molecular complexity index is 426. The molecule has 2 rings (SSSR count). The summed E-state index contributed by atoms with van der Waals surface area (Å²) in [5, 5.41) is 12.0. The zero-order valence-electron chi connectivity index (χ0n) is 11.8. The van der Waals surface area contributed by atoms with Crippen LogP contribution in [-0.4, -0.2) is 65.0 Å². The molecule has 7 heteroatoms. The van der Waals surface area contributed by atoms with E-state index in [4.69, 9.17) is 0 Å². The second kappa shape index (κ2) is 5.68. The minimum absolute atomic E-state index is 0.0750. The van der Waals surface area contributed by atoms with Crippen molar-refractivity contribution in [2.45, 2.75) is 38.3 Å².